The van der Waals surface area contributed by atoms with Crippen LogP contribution in [0.1, 0.15) is 30.1 Å². The normalized spacial score (nSPS) is 22.3. The van der Waals surface area contributed by atoms with Gasteiger partial charge in [-0.05, 0) is 18.4 Å². The molecule has 8 heteroatoms. The van der Waals surface area contributed by atoms with Crippen LogP contribution in [0.15, 0.2) is 35.1 Å². The molecule has 2 aromatic rings. The van der Waals surface area contributed by atoms with Gasteiger partial charge in [-0.1, -0.05) is 30.3 Å². The van der Waals surface area contributed by atoms with Gasteiger partial charge in [-0.25, -0.2) is 14.3 Å². The number of carbonyl (C=O) groups excluding carboxylic acids is 1. The number of nitrogens with one attached hydrogen (secondary N) is 1. The summed E-state index contributed by atoms with van der Waals surface area (Å²) in [4.78, 5) is 23.7. The van der Waals surface area contributed by atoms with Crippen LogP contribution in [0.2, 0.25) is 0 Å². The molecule has 0 unspecified atom stereocenters. The van der Waals surface area contributed by atoms with Gasteiger partial charge in [0.2, 0.25) is 0 Å². The molecule has 140 valence electrons. The van der Waals surface area contributed by atoms with Crippen molar-refractivity contribution >= 4 is 6.09 Å². The van der Waals surface area contributed by atoms with Crippen LogP contribution in [0, 0.1) is 5.92 Å². The third-order valence-electron chi connectivity index (χ3n) is 4.90. The van der Waals surface area contributed by atoms with E-state index in [1.807, 2.05) is 30.3 Å². The van der Waals surface area contributed by atoms with Gasteiger partial charge < -0.3 is 15.2 Å². The van der Waals surface area contributed by atoms with E-state index in [1.165, 1.54) is 9.25 Å². The number of aliphatic hydroxyl groups is 1. The van der Waals surface area contributed by atoms with Crippen LogP contribution < -0.4 is 11.0 Å². The molecule has 3 atom stereocenters. The van der Waals surface area contributed by atoms with Gasteiger partial charge in [-0.2, -0.15) is 5.10 Å². The summed E-state index contributed by atoms with van der Waals surface area (Å²) in [6.45, 7) is 0.532. The molecule has 0 bridgehead atoms. The van der Waals surface area contributed by atoms with Crippen LogP contribution in [0.3, 0.4) is 0 Å². The first-order valence-corrected chi connectivity index (χ1v) is 8.68. The molecule has 0 saturated heterocycles. The van der Waals surface area contributed by atoms with E-state index < -0.39 is 12.2 Å². The zero-order valence-corrected chi connectivity index (χ0v) is 15.0. The van der Waals surface area contributed by atoms with E-state index in [1.54, 1.807) is 14.1 Å². The summed E-state index contributed by atoms with van der Waals surface area (Å²) in [5, 5.41) is 17.3. The maximum atomic E-state index is 11.9. The van der Waals surface area contributed by atoms with E-state index in [4.69, 9.17) is 4.74 Å². The second-order valence-electron chi connectivity index (χ2n) is 6.76. The summed E-state index contributed by atoms with van der Waals surface area (Å²) < 4.78 is 8.00. The predicted molar refractivity (Wildman–Crippen MR) is 94.6 cm³/mol. The molecule has 3 rings (SSSR count). The minimum atomic E-state index is -0.550. The topological polar surface area (TPSA) is 98.4 Å². The second kappa shape index (κ2) is 7.74. The van der Waals surface area contributed by atoms with Gasteiger partial charge in [0.25, 0.3) is 0 Å². The minimum absolute atomic E-state index is 0.00367. The predicted octanol–water partition coefficient (Wildman–Crippen LogP) is 0.900. The van der Waals surface area contributed by atoms with Gasteiger partial charge in [0.05, 0.1) is 6.10 Å². The molecule has 1 saturated carbocycles. The first-order chi connectivity index (χ1) is 12.5. The first kappa shape index (κ1) is 18.2. The Hall–Kier alpha value is -2.61. The van der Waals surface area contributed by atoms with Gasteiger partial charge in [0.15, 0.2) is 0 Å². The van der Waals surface area contributed by atoms with Crippen LogP contribution in [-0.4, -0.2) is 38.2 Å². The van der Waals surface area contributed by atoms with Crippen molar-refractivity contribution in [1.29, 1.82) is 0 Å². The fraction of sp³-hybridized carbons (Fsp3) is 0.500. The highest BCUT2D eigenvalue weighted by Crippen LogP contribution is 2.36. The number of hydrogen-bond acceptors (Lipinski definition) is 5. The van der Waals surface area contributed by atoms with Crippen molar-refractivity contribution < 1.29 is 14.6 Å². The van der Waals surface area contributed by atoms with E-state index >= 15 is 0 Å². The third-order valence-corrected chi connectivity index (χ3v) is 4.90. The SMILES string of the molecule is Cn1nc([C@H]2C[C@H](CNC(=O)OCc3ccccc3)[C@H](O)C2)n(C)c1=O. The van der Waals surface area contributed by atoms with Crippen molar-refractivity contribution in [3.05, 3.63) is 52.2 Å². The molecule has 2 N–H and O–H groups in total. The number of rotatable bonds is 5. The van der Waals surface area contributed by atoms with Crippen molar-refractivity contribution in [1.82, 2.24) is 19.7 Å². The van der Waals surface area contributed by atoms with Gasteiger partial charge in [0.1, 0.15) is 12.4 Å². The van der Waals surface area contributed by atoms with E-state index in [9.17, 15) is 14.7 Å². The Morgan fingerprint density at radius 2 is 2.04 bits per heavy atom. The average Bonchev–Trinajstić information content (AvgIpc) is 3.13. The average molecular weight is 360 g/mol. The monoisotopic (exact) mass is 360 g/mol. The molecule has 0 radical (unpaired) electrons. The molecule has 26 heavy (non-hydrogen) atoms. The molecule has 1 amide bonds. The maximum Gasteiger partial charge on any atom is 0.407 e. The molecule has 0 spiro atoms. The third kappa shape index (κ3) is 3.96. The lowest BCUT2D eigenvalue weighted by molar-refractivity contribution is 0.118. The van der Waals surface area contributed by atoms with Crippen molar-refractivity contribution in [2.75, 3.05) is 6.54 Å². The first-order valence-electron chi connectivity index (χ1n) is 8.68. The molecule has 8 nitrogen and oxygen atoms in total. The van der Waals surface area contributed by atoms with Crippen LogP contribution in [0.4, 0.5) is 4.79 Å². The molecular formula is C18H24N4O4. The summed E-state index contributed by atoms with van der Waals surface area (Å²) in [5.41, 5.74) is 0.736. The number of amides is 1. The van der Waals surface area contributed by atoms with Gasteiger partial charge in [0, 0.05) is 32.5 Å². The van der Waals surface area contributed by atoms with Crippen LogP contribution in [0.25, 0.3) is 0 Å². The summed E-state index contributed by atoms with van der Waals surface area (Å²) in [5.74, 6) is 0.572. The van der Waals surface area contributed by atoms with Gasteiger partial charge in [-0.3, -0.25) is 4.57 Å². The number of nitrogens with zero attached hydrogens (tertiary/aromatic N) is 3. The molecule has 1 heterocycles. The fourth-order valence-electron chi connectivity index (χ4n) is 3.46. The number of ether oxygens (including phenoxy) is 1. The van der Waals surface area contributed by atoms with Crippen molar-refractivity contribution in [2.24, 2.45) is 20.0 Å². The Labute approximate surface area is 151 Å². The lowest BCUT2D eigenvalue weighted by Gasteiger charge is -2.15. The van der Waals surface area contributed by atoms with Gasteiger partial charge >= 0.3 is 11.8 Å². The highest BCUT2D eigenvalue weighted by atomic mass is 16.5. The minimum Gasteiger partial charge on any atom is -0.445 e. The lowest BCUT2D eigenvalue weighted by atomic mass is 10.0. The molecule has 0 aliphatic heterocycles. The molecule has 1 aromatic heterocycles. The number of alkyl carbamates (subject to hydrolysis) is 1. The van der Waals surface area contributed by atoms with E-state index in [0.717, 1.165) is 5.56 Å². The van der Waals surface area contributed by atoms with Crippen LogP contribution >= 0.6 is 0 Å². The number of aliphatic hydroxyl groups excluding tert-OH is 1. The smallest absolute Gasteiger partial charge is 0.407 e. The van der Waals surface area contributed by atoms with Crippen LogP contribution in [0.5, 0.6) is 0 Å². The fourth-order valence-corrected chi connectivity index (χ4v) is 3.46. The van der Waals surface area contributed by atoms with E-state index in [-0.39, 0.29) is 24.1 Å². The van der Waals surface area contributed by atoms with Crippen molar-refractivity contribution in [3.63, 3.8) is 0 Å². The standard InChI is InChI=1S/C18H24N4O4/c1-21-16(20-22(2)18(21)25)13-8-14(15(23)9-13)10-19-17(24)26-11-12-6-4-3-5-7-12/h3-7,13-15,23H,8-11H2,1-2H3,(H,19,24)/t13-,14+,15+/m0/s1. The van der Waals surface area contributed by atoms with E-state index in [2.05, 4.69) is 10.4 Å². The number of benzene rings is 1. The van der Waals surface area contributed by atoms with Gasteiger partial charge in [-0.15, -0.1) is 0 Å². The molecular weight excluding hydrogens is 336 g/mol. The van der Waals surface area contributed by atoms with Crippen molar-refractivity contribution in [2.45, 2.75) is 31.5 Å². The number of aryl methyl sites for hydroxylation is 1. The molecule has 1 aliphatic carbocycles. The summed E-state index contributed by atoms with van der Waals surface area (Å²) in [6, 6.07) is 9.44. The Morgan fingerprint density at radius 1 is 1.31 bits per heavy atom. The van der Waals surface area contributed by atoms with E-state index in [0.29, 0.717) is 25.2 Å². The Morgan fingerprint density at radius 3 is 2.69 bits per heavy atom. The summed E-state index contributed by atoms with van der Waals surface area (Å²) >= 11 is 0. The zero-order valence-electron chi connectivity index (χ0n) is 15.0. The van der Waals surface area contributed by atoms with Crippen molar-refractivity contribution in [3.8, 4) is 0 Å². The second-order valence-corrected chi connectivity index (χ2v) is 6.76. The highest BCUT2D eigenvalue weighted by Gasteiger charge is 2.36. The molecule has 1 aliphatic rings. The zero-order chi connectivity index (χ0) is 18.7. The number of hydrogen-bond donors (Lipinski definition) is 2. The Bertz CT molecular complexity index is 814. The maximum absolute atomic E-state index is 11.9. The summed E-state index contributed by atoms with van der Waals surface area (Å²) in [7, 11) is 3.29. The number of aromatic nitrogens is 3. The largest absolute Gasteiger partial charge is 0.445 e. The highest BCUT2D eigenvalue weighted by molar-refractivity contribution is 5.67. The van der Waals surface area contributed by atoms with Crippen LogP contribution in [-0.2, 0) is 25.4 Å². The Balaban J connectivity index is 1.50. The quantitative estimate of drug-likeness (QED) is 0.825. The number of carbonyl (C=O) groups is 1. The molecule has 1 aromatic carbocycles. The Kier molecular flexibility index (Phi) is 5.41. The lowest BCUT2D eigenvalue weighted by Crippen LogP contribution is -2.32. The molecule has 1 fully saturated rings. The summed E-state index contributed by atoms with van der Waals surface area (Å²) in [6.07, 6.45) is 0.126.